The van der Waals surface area contributed by atoms with Gasteiger partial charge in [-0.15, -0.1) is 0 Å². The SMILES string of the molecule is COc1ccc(C[C@H]2CCCN2)cc1F. The summed E-state index contributed by atoms with van der Waals surface area (Å²) in [4.78, 5) is 0. The Balaban J connectivity index is 2.05. The van der Waals surface area contributed by atoms with Crippen molar-refractivity contribution in [3.8, 4) is 5.75 Å². The molecule has 1 N–H and O–H groups in total. The van der Waals surface area contributed by atoms with Gasteiger partial charge in [0, 0.05) is 6.04 Å². The second-order valence-electron chi connectivity index (χ2n) is 3.97. The molecule has 15 heavy (non-hydrogen) atoms. The topological polar surface area (TPSA) is 21.3 Å². The molecule has 2 nitrogen and oxygen atoms in total. The van der Waals surface area contributed by atoms with E-state index in [1.807, 2.05) is 6.07 Å². The first kappa shape index (κ1) is 10.4. The van der Waals surface area contributed by atoms with E-state index >= 15 is 0 Å². The van der Waals surface area contributed by atoms with Crippen LogP contribution in [0.4, 0.5) is 4.39 Å². The van der Waals surface area contributed by atoms with Crippen molar-refractivity contribution in [2.24, 2.45) is 0 Å². The summed E-state index contributed by atoms with van der Waals surface area (Å²) < 4.78 is 18.3. The van der Waals surface area contributed by atoms with E-state index in [1.54, 1.807) is 12.1 Å². The van der Waals surface area contributed by atoms with Crippen molar-refractivity contribution < 1.29 is 9.13 Å². The average molecular weight is 209 g/mol. The quantitative estimate of drug-likeness (QED) is 0.823. The van der Waals surface area contributed by atoms with Gasteiger partial charge in [0.25, 0.3) is 0 Å². The highest BCUT2D eigenvalue weighted by atomic mass is 19.1. The fourth-order valence-electron chi connectivity index (χ4n) is 2.05. The van der Waals surface area contributed by atoms with Crippen LogP contribution in [0.2, 0.25) is 0 Å². The van der Waals surface area contributed by atoms with Crippen molar-refractivity contribution in [3.63, 3.8) is 0 Å². The van der Waals surface area contributed by atoms with E-state index in [4.69, 9.17) is 4.74 Å². The molecule has 0 amide bonds. The van der Waals surface area contributed by atoms with Gasteiger partial charge in [0.1, 0.15) is 0 Å². The van der Waals surface area contributed by atoms with Gasteiger partial charge in [-0.25, -0.2) is 4.39 Å². The lowest BCUT2D eigenvalue weighted by Crippen LogP contribution is -2.23. The molecule has 1 aliphatic heterocycles. The monoisotopic (exact) mass is 209 g/mol. The predicted molar refractivity (Wildman–Crippen MR) is 57.7 cm³/mol. The predicted octanol–water partition coefficient (Wildman–Crippen LogP) is 2.13. The molecule has 1 aliphatic rings. The van der Waals surface area contributed by atoms with Crippen LogP contribution in [0.5, 0.6) is 5.75 Å². The zero-order valence-corrected chi connectivity index (χ0v) is 8.92. The Bertz CT molecular complexity index is 334. The van der Waals surface area contributed by atoms with Crippen molar-refractivity contribution in [1.29, 1.82) is 0 Å². The Morgan fingerprint density at radius 2 is 2.40 bits per heavy atom. The molecule has 0 spiro atoms. The molecule has 3 heteroatoms. The van der Waals surface area contributed by atoms with Crippen molar-refractivity contribution >= 4 is 0 Å². The van der Waals surface area contributed by atoms with Crippen molar-refractivity contribution in [2.45, 2.75) is 25.3 Å². The maximum atomic E-state index is 13.4. The highest BCUT2D eigenvalue weighted by Crippen LogP contribution is 2.20. The van der Waals surface area contributed by atoms with Gasteiger partial charge >= 0.3 is 0 Å². The van der Waals surface area contributed by atoms with Crippen LogP contribution < -0.4 is 10.1 Å². The minimum absolute atomic E-state index is 0.270. The summed E-state index contributed by atoms with van der Waals surface area (Å²) in [5.41, 5.74) is 1.03. The third-order valence-electron chi connectivity index (χ3n) is 2.86. The van der Waals surface area contributed by atoms with Gasteiger partial charge < -0.3 is 10.1 Å². The number of halogens is 1. The van der Waals surface area contributed by atoms with Crippen LogP contribution in [0.15, 0.2) is 18.2 Å². The average Bonchev–Trinajstić information content (AvgIpc) is 2.71. The summed E-state index contributed by atoms with van der Waals surface area (Å²) in [6.45, 7) is 1.09. The van der Waals surface area contributed by atoms with E-state index in [9.17, 15) is 4.39 Å². The van der Waals surface area contributed by atoms with Crippen LogP contribution in [-0.4, -0.2) is 19.7 Å². The Labute approximate surface area is 89.4 Å². The zero-order valence-electron chi connectivity index (χ0n) is 8.92. The van der Waals surface area contributed by atoms with Gasteiger partial charge in [-0.1, -0.05) is 6.07 Å². The molecule has 1 aromatic carbocycles. The highest BCUT2D eigenvalue weighted by molar-refractivity contribution is 5.29. The largest absolute Gasteiger partial charge is 0.494 e. The Morgan fingerprint density at radius 1 is 1.53 bits per heavy atom. The molecule has 0 unspecified atom stereocenters. The smallest absolute Gasteiger partial charge is 0.165 e. The second-order valence-corrected chi connectivity index (χ2v) is 3.97. The maximum absolute atomic E-state index is 13.4. The molecule has 1 saturated heterocycles. The Morgan fingerprint density at radius 3 is 3.00 bits per heavy atom. The number of ether oxygens (including phenoxy) is 1. The molecule has 0 aromatic heterocycles. The molecule has 2 rings (SSSR count). The van der Waals surface area contributed by atoms with E-state index in [2.05, 4.69) is 5.32 Å². The lowest BCUT2D eigenvalue weighted by atomic mass is 10.0. The van der Waals surface area contributed by atoms with E-state index in [-0.39, 0.29) is 5.82 Å². The van der Waals surface area contributed by atoms with Crippen LogP contribution in [0.3, 0.4) is 0 Å². The lowest BCUT2D eigenvalue weighted by molar-refractivity contribution is 0.386. The first-order valence-electron chi connectivity index (χ1n) is 5.35. The van der Waals surface area contributed by atoms with Gasteiger partial charge in [0.2, 0.25) is 0 Å². The van der Waals surface area contributed by atoms with E-state index in [1.165, 1.54) is 20.0 Å². The summed E-state index contributed by atoms with van der Waals surface area (Å²) in [5.74, 6) is 0.0473. The number of methoxy groups -OCH3 is 1. The van der Waals surface area contributed by atoms with Gasteiger partial charge in [0.05, 0.1) is 7.11 Å². The van der Waals surface area contributed by atoms with E-state index < -0.39 is 0 Å². The summed E-state index contributed by atoms with van der Waals surface area (Å²) in [6, 6.07) is 5.71. The van der Waals surface area contributed by atoms with Crippen LogP contribution >= 0.6 is 0 Å². The molecule has 0 bridgehead atoms. The third-order valence-corrected chi connectivity index (χ3v) is 2.86. The molecular weight excluding hydrogens is 193 g/mol. The summed E-state index contributed by atoms with van der Waals surface area (Å²) in [5, 5.41) is 3.40. The maximum Gasteiger partial charge on any atom is 0.165 e. The van der Waals surface area contributed by atoms with Crippen LogP contribution in [0, 0.1) is 5.82 Å². The van der Waals surface area contributed by atoms with Crippen molar-refractivity contribution in [1.82, 2.24) is 5.32 Å². The first-order chi connectivity index (χ1) is 7.29. The molecule has 1 heterocycles. The fraction of sp³-hybridized carbons (Fsp3) is 0.500. The number of hydrogen-bond acceptors (Lipinski definition) is 2. The van der Waals surface area contributed by atoms with Crippen LogP contribution in [-0.2, 0) is 6.42 Å². The second kappa shape index (κ2) is 4.62. The lowest BCUT2D eigenvalue weighted by Gasteiger charge is -2.10. The zero-order chi connectivity index (χ0) is 10.7. The molecule has 1 atom stereocenters. The van der Waals surface area contributed by atoms with Crippen molar-refractivity contribution in [2.75, 3.05) is 13.7 Å². The van der Waals surface area contributed by atoms with E-state index in [0.29, 0.717) is 11.8 Å². The summed E-state index contributed by atoms with van der Waals surface area (Å²) in [7, 11) is 1.48. The highest BCUT2D eigenvalue weighted by Gasteiger charge is 2.15. The third kappa shape index (κ3) is 2.48. The summed E-state index contributed by atoms with van der Waals surface area (Å²) >= 11 is 0. The number of hydrogen-bond donors (Lipinski definition) is 1. The van der Waals surface area contributed by atoms with Gasteiger partial charge in [-0.2, -0.15) is 0 Å². The van der Waals surface area contributed by atoms with Gasteiger partial charge in [-0.3, -0.25) is 0 Å². The Hall–Kier alpha value is -1.09. The molecule has 0 aliphatic carbocycles. The minimum atomic E-state index is -0.270. The fourth-order valence-corrected chi connectivity index (χ4v) is 2.05. The number of nitrogens with one attached hydrogen (secondary N) is 1. The van der Waals surface area contributed by atoms with Crippen molar-refractivity contribution in [3.05, 3.63) is 29.6 Å². The molecule has 1 aromatic rings. The Kier molecular flexibility index (Phi) is 3.21. The normalized spacial score (nSPS) is 20.5. The van der Waals surface area contributed by atoms with Crippen LogP contribution in [0.25, 0.3) is 0 Å². The van der Waals surface area contributed by atoms with Gasteiger partial charge in [0.15, 0.2) is 11.6 Å². The molecule has 1 fully saturated rings. The minimum Gasteiger partial charge on any atom is -0.494 e. The first-order valence-corrected chi connectivity index (χ1v) is 5.35. The van der Waals surface area contributed by atoms with Crippen LogP contribution in [0.1, 0.15) is 18.4 Å². The van der Waals surface area contributed by atoms with Gasteiger partial charge in [-0.05, 0) is 43.5 Å². The molecular formula is C12H16FNO. The molecule has 0 saturated carbocycles. The molecule has 0 radical (unpaired) electrons. The standard InChI is InChI=1S/C12H16FNO/c1-15-12-5-4-9(8-11(12)13)7-10-3-2-6-14-10/h4-5,8,10,14H,2-3,6-7H2,1H3/t10-/m1/s1. The number of rotatable bonds is 3. The molecule has 82 valence electrons. The van der Waals surface area contributed by atoms with E-state index in [0.717, 1.165) is 18.5 Å². The number of benzene rings is 1. The summed E-state index contributed by atoms with van der Waals surface area (Å²) in [6.07, 6.45) is 3.32.